The Balaban J connectivity index is 2.10. The minimum Gasteiger partial charge on any atom is -0.476 e. The Bertz CT molecular complexity index is 646. The molecule has 4 nitrogen and oxygen atoms in total. The van der Waals surface area contributed by atoms with E-state index < -0.39 is 5.97 Å². The summed E-state index contributed by atoms with van der Waals surface area (Å²) in [7, 11) is 0. The summed E-state index contributed by atoms with van der Waals surface area (Å²) in [6, 6.07) is 9.41. The fraction of sp³-hybridized carbons (Fsp3) is 0.375. The van der Waals surface area contributed by atoms with E-state index in [0.717, 1.165) is 31.4 Å². The van der Waals surface area contributed by atoms with Crippen LogP contribution in [0.3, 0.4) is 0 Å². The molecule has 0 radical (unpaired) electrons. The summed E-state index contributed by atoms with van der Waals surface area (Å²) < 4.78 is 1.54. The van der Waals surface area contributed by atoms with Gasteiger partial charge in [0.2, 0.25) is 0 Å². The molecule has 1 aliphatic rings. The summed E-state index contributed by atoms with van der Waals surface area (Å²) in [6.07, 6.45) is 5.43. The van der Waals surface area contributed by atoms with Gasteiger partial charge in [-0.3, -0.25) is 0 Å². The minimum atomic E-state index is -1.01. The number of nitrogens with zero attached hydrogens (tertiary/aromatic N) is 2. The SMILES string of the molecule is O=C(O)c1nn(-c2ccccc2)c(Cl)c1C1CCCCC1. The molecule has 3 rings (SSSR count). The lowest BCUT2D eigenvalue weighted by molar-refractivity contribution is 0.0688. The second kappa shape index (κ2) is 5.90. The predicted octanol–water partition coefficient (Wildman–Crippen LogP) is 4.27. The maximum Gasteiger partial charge on any atom is 0.356 e. The van der Waals surface area contributed by atoms with Crippen LogP contribution in [0.15, 0.2) is 30.3 Å². The van der Waals surface area contributed by atoms with Crippen LogP contribution in [0.5, 0.6) is 0 Å². The topological polar surface area (TPSA) is 55.1 Å². The van der Waals surface area contributed by atoms with Crippen molar-refractivity contribution in [2.45, 2.75) is 38.0 Å². The summed E-state index contributed by atoms with van der Waals surface area (Å²) in [5, 5.41) is 14.1. The highest BCUT2D eigenvalue weighted by Crippen LogP contribution is 2.39. The zero-order chi connectivity index (χ0) is 14.8. The number of carboxylic acid groups (broad SMARTS) is 1. The van der Waals surface area contributed by atoms with Gasteiger partial charge in [-0.2, -0.15) is 5.10 Å². The molecule has 110 valence electrons. The van der Waals surface area contributed by atoms with E-state index in [1.807, 2.05) is 30.3 Å². The molecular formula is C16H17ClN2O2. The van der Waals surface area contributed by atoms with Gasteiger partial charge in [0.15, 0.2) is 5.69 Å². The Hall–Kier alpha value is -1.81. The van der Waals surface area contributed by atoms with E-state index >= 15 is 0 Å². The van der Waals surface area contributed by atoms with Crippen LogP contribution in [0.2, 0.25) is 5.15 Å². The van der Waals surface area contributed by atoms with Crippen molar-refractivity contribution in [1.29, 1.82) is 0 Å². The Morgan fingerprint density at radius 3 is 2.48 bits per heavy atom. The molecule has 21 heavy (non-hydrogen) atoms. The third-order valence-corrected chi connectivity index (χ3v) is 4.44. The average Bonchev–Trinajstić information content (AvgIpc) is 2.87. The van der Waals surface area contributed by atoms with Crippen LogP contribution in [-0.2, 0) is 0 Å². The molecule has 5 heteroatoms. The van der Waals surface area contributed by atoms with Gasteiger partial charge in [-0.15, -0.1) is 0 Å². The molecular weight excluding hydrogens is 288 g/mol. The van der Waals surface area contributed by atoms with Crippen molar-refractivity contribution in [2.24, 2.45) is 0 Å². The van der Waals surface area contributed by atoms with Gasteiger partial charge in [0.05, 0.1) is 5.69 Å². The molecule has 1 aromatic carbocycles. The van der Waals surface area contributed by atoms with Crippen molar-refractivity contribution in [3.63, 3.8) is 0 Å². The normalized spacial score (nSPS) is 16.0. The summed E-state index contributed by atoms with van der Waals surface area (Å²) in [5.41, 5.74) is 1.58. The Labute approximate surface area is 128 Å². The van der Waals surface area contributed by atoms with Crippen molar-refractivity contribution in [1.82, 2.24) is 9.78 Å². The smallest absolute Gasteiger partial charge is 0.356 e. The van der Waals surface area contributed by atoms with Crippen LogP contribution in [0, 0.1) is 0 Å². The molecule has 0 aliphatic heterocycles. The monoisotopic (exact) mass is 304 g/mol. The van der Waals surface area contributed by atoms with Gasteiger partial charge in [-0.05, 0) is 30.9 Å². The first-order valence-corrected chi connectivity index (χ1v) is 7.63. The number of benzene rings is 1. The highest BCUT2D eigenvalue weighted by molar-refractivity contribution is 6.31. The lowest BCUT2D eigenvalue weighted by Crippen LogP contribution is -2.09. The van der Waals surface area contributed by atoms with E-state index in [1.165, 1.54) is 11.1 Å². The van der Waals surface area contributed by atoms with Gasteiger partial charge in [0.25, 0.3) is 0 Å². The third-order valence-electron chi connectivity index (χ3n) is 4.08. The number of aromatic carboxylic acids is 1. The van der Waals surface area contributed by atoms with Crippen LogP contribution in [0.4, 0.5) is 0 Å². The first-order chi connectivity index (χ1) is 10.2. The lowest BCUT2D eigenvalue weighted by Gasteiger charge is -2.21. The Kier molecular flexibility index (Phi) is 3.97. The molecule has 1 fully saturated rings. The van der Waals surface area contributed by atoms with Crippen LogP contribution in [0.25, 0.3) is 5.69 Å². The van der Waals surface area contributed by atoms with Crippen molar-refractivity contribution in [3.8, 4) is 5.69 Å². The second-order valence-electron chi connectivity index (χ2n) is 5.44. The number of halogens is 1. The molecule has 2 aromatic rings. The second-order valence-corrected chi connectivity index (χ2v) is 5.80. The zero-order valence-electron chi connectivity index (χ0n) is 11.6. The zero-order valence-corrected chi connectivity index (χ0v) is 12.4. The van der Waals surface area contributed by atoms with E-state index in [4.69, 9.17) is 11.6 Å². The Morgan fingerprint density at radius 1 is 1.19 bits per heavy atom. The highest BCUT2D eigenvalue weighted by Gasteiger charge is 2.29. The number of aromatic nitrogens is 2. The molecule has 0 unspecified atom stereocenters. The first kappa shape index (κ1) is 14.1. The fourth-order valence-corrected chi connectivity index (χ4v) is 3.44. The van der Waals surface area contributed by atoms with Gasteiger partial charge in [-0.25, -0.2) is 9.48 Å². The van der Waals surface area contributed by atoms with Crippen molar-refractivity contribution in [3.05, 3.63) is 46.7 Å². The summed E-state index contributed by atoms with van der Waals surface area (Å²) in [5.74, 6) is -0.804. The maximum absolute atomic E-state index is 11.5. The highest BCUT2D eigenvalue weighted by atomic mass is 35.5. The summed E-state index contributed by atoms with van der Waals surface area (Å²) >= 11 is 6.48. The number of rotatable bonds is 3. The minimum absolute atomic E-state index is 0.0933. The van der Waals surface area contributed by atoms with Crippen molar-refractivity contribution >= 4 is 17.6 Å². The molecule has 0 bridgehead atoms. The van der Waals surface area contributed by atoms with E-state index in [9.17, 15) is 9.90 Å². The maximum atomic E-state index is 11.5. The molecule has 1 saturated carbocycles. The van der Waals surface area contributed by atoms with Gasteiger partial charge >= 0.3 is 5.97 Å². The molecule has 1 heterocycles. The molecule has 1 aliphatic carbocycles. The number of hydrogen-bond donors (Lipinski definition) is 1. The van der Waals surface area contributed by atoms with Crippen molar-refractivity contribution < 1.29 is 9.90 Å². The van der Waals surface area contributed by atoms with Gasteiger partial charge in [0, 0.05) is 5.56 Å². The van der Waals surface area contributed by atoms with Crippen LogP contribution in [-0.4, -0.2) is 20.9 Å². The van der Waals surface area contributed by atoms with E-state index in [0.29, 0.717) is 10.7 Å². The van der Waals surface area contributed by atoms with Crippen LogP contribution < -0.4 is 0 Å². The van der Waals surface area contributed by atoms with Crippen LogP contribution >= 0.6 is 11.6 Å². The predicted molar refractivity (Wildman–Crippen MR) is 81.4 cm³/mol. The standard InChI is InChI=1S/C16H17ClN2O2/c17-15-13(11-7-3-1-4-8-11)14(16(20)21)18-19(15)12-9-5-2-6-10-12/h2,5-6,9-11H,1,3-4,7-8H2,(H,20,21). The molecule has 1 aromatic heterocycles. The third kappa shape index (κ3) is 2.68. The average molecular weight is 305 g/mol. The van der Waals surface area contributed by atoms with E-state index in [1.54, 1.807) is 0 Å². The quantitative estimate of drug-likeness (QED) is 0.921. The number of hydrogen-bond acceptors (Lipinski definition) is 2. The summed E-state index contributed by atoms with van der Waals surface area (Å²) in [6.45, 7) is 0. The molecule has 0 amide bonds. The fourth-order valence-electron chi connectivity index (χ4n) is 3.06. The molecule has 1 N–H and O–H groups in total. The molecule has 0 spiro atoms. The van der Waals surface area contributed by atoms with Crippen molar-refractivity contribution in [2.75, 3.05) is 0 Å². The van der Waals surface area contributed by atoms with Crippen LogP contribution in [0.1, 0.15) is 54.1 Å². The van der Waals surface area contributed by atoms with E-state index in [-0.39, 0.29) is 11.6 Å². The molecule has 0 atom stereocenters. The van der Waals surface area contributed by atoms with E-state index in [2.05, 4.69) is 5.10 Å². The molecule has 0 saturated heterocycles. The first-order valence-electron chi connectivity index (χ1n) is 7.25. The van der Waals surface area contributed by atoms with Gasteiger partial charge in [-0.1, -0.05) is 49.1 Å². The Morgan fingerprint density at radius 2 is 1.86 bits per heavy atom. The largest absolute Gasteiger partial charge is 0.476 e. The summed E-state index contributed by atoms with van der Waals surface area (Å²) in [4.78, 5) is 11.5. The number of carbonyl (C=O) groups is 1. The lowest BCUT2D eigenvalue weighted by atomic mass is 9.84. The number of para-hydroxylation sites is 1. The number of carboxylic acids is 1. The van der Waals surface area contributed by atoms with Gasteiger partial charge in [0.1, 0.15) is 5.15 Å². The van der Waals surface area contributed by atoms with Gasteiger partial charge < -0.3 is 5.11 Å².